The number of hydrogen-bond acceptors (Lipinski definition) is 5. The van der Waals surface area contributed by atoms with E-state index in [1.165, 1.54) is 22.2 Å². The number of ketones is 1. The Bertz CT molecular complexity index is 983. The van der Waals surface area contributed by atoms with Crippen LogP contribution in [0.1, 0.15) is 34.7 Å². The van der Waals surface area contributed by atoms with E-state index in [1.807, 2.05) is 25.3 Å². The molecule has 0 aliphatic heterocycles. The Morgan fingerprint density at radius 2 is 2.16 bits per heavy atom. The number of carbonyl (C=O) groups is 1. The number of ether oxygens (including phenoxy) is 1. The zero-order chi connectivity index (χ0) is 18.1. The smallest absolute Gasteiger partial charge is 0.262 e. The molecule has 0 aromatic carbocycles. The number of fused-ring (bicyclic) bond motifs is 1. The number of Topliss-reactive ketones (excluding diaryl/α,β-unsaturated/α-hetero) is 1. The highest BCUT2D eigenvalue weighted by atomic mass is 32.1. The Labute approximate surface area is 149 Å². The highest BCUT2D eigenvalue weighted by Gasteiger charge is 2.19. The molecule has 3 heterocycles. The molecule has 3 rings (SSSR count). The number of methoxy groups -OCH3 is 1. The number of hydrogen-bond donors (Lipinski definition) is 0. The maximum atomic E-state index is 12.8. The van der Waals surface area contributed by atoms with E-state index in [1.54, 1.807) is 13.2 Å². The predicted molar refractivity (Wildman–Crippen MR) is 98.7 cm³/mol. The lowest BCUT2D eigenvalue weighted by molar-refractivity contribution is 0.0969. The van der Waals surface area contributed by atoms with Crippen molar-refractivity contribution in [2.45, 2.75) is 33.4 Å². The lowest BCUT2D eigenvalue weighted by Crippen LogP contribution is -2.24. The molecule has 0 radical (unpaired) electrons. The zero-order valence-electron chi connectivity index (χ0n) is 14.8. The van der Waals surface area contributed by atoms with Crippen LogP contribution in [0.15, 0.2) is 28.6 Å². The van der Waals surface area contributed by atoms with Crippen LogP contribution in [-0.2, 0) is 11.3 Å². The number of rotatable bonds is 6. The van der Waals surface area contributed by atoms with E-state index in [0.717, 1.165) is 11.4 Å². The average molecular weight is 359 g/mol. The van der Waals surface area contributed by atoms with Gasteiger partial charge in [-0.25, -0.2) is 4.98 Å². The first-order chi connectivity index (χ1) is 11.9. The van der Waals surface area contributed by atoms with Gasteiger partial charge in [0.15, 0.2) is 5.78 Å². The van der Waals surface area contributed by atoms with Crippen molar-refractivity contribution in [3.05, 3.63) is 51.1 Å². The molecule has 0 fully saturated rings. The molecule has 6 nitrogen and oxygen atoms in total. The summed E-state index contributed by atoms with van der Waals surface area (Å²) in [5.41, 5.74) is 2.35. The molecule has 1 unspecified atom stereocenters. The molecule has 0 aliphatic rings. The number of thiophene rings is 1. The van der Waals surface area contributed by atoms with E-state index >= 15 is 0 Å². The van der Waals surface area contributed by atoms with Crippen LogP contribution < -0.4 is 5.56 Å². The van der Waals surface area contributed by atoms with Crippen molar-refractivity contribution in [1.82, 2.24) is 14.1 Å². The molecule has 0 aliphatic carbocycles. The molecule has 0 saturated heterocycles. The third kappa shape index (κ3) is 3.17. The highest BCUT2D eigenvalue weighted by Crippen LogP contribution is 2.21. The molecule has 25 heavy (non-hydrogen) atoms. The molecule has 1 atom stereocenters. The van der Waals surface area contributed by atoms with Gasteiger partial charge >= 0.3 is 0 Å². The van der Waals surface area contributed by atoms with Gasteiger partial charge in [-0.2, -0.15) is 0 Å². The van der Waals surface area contributed by atoms with Crippen molar-refractivity contribution in [2.24, 2.45) is 0 Å². The van der Waals surface area contributed by atoms with Crippen LogP contribution in [0.4, 0.5) is 0 Å². The minimum absolute atomic E-state index is 0.0133. The zero-order valence-corrected chi connectivity index (χ0v) is 15.6. The summed E-state index contributed by atoms with van der Waals surface area (Å²) in [5, 5.41) is 2.38. The Hall–Kier alpha value is -2.25. The third-order valence-corrected chi connectivity index (χ3v) is 5.22. The molecule has 0 N–H and O–H groups in total. The summed E-state index contributed by atoms with van der Waals surface area (Å²) in [6.45, 7) is 6.51. The first kappa shape index (κ1) is 17.6. The number of aromatic nitrogens is 3. The van der Waals surface area contributed by atoms with Crippen LogP contribution in [-0.4, -0.2) is 33.6 Å². The fourth-order valence-electron chi connectivity index (χ4n) is 3.30. The molecular formula is C18H21N3O3S. The van der Waals surface area contributed by atoms with Gasteiger partial charge in [0.2, 0.25) is 0 Å². The molecule has 132 valence electrons. The second kappa shape index (κ2) is 6.93. The van der Waals surface area contributed by atoms with E-state index in [9.17, 15) is 9.59 Å². The Kier molecular flexibility index (Phi) is 4.87. The van der Waals surface area contributed by atoms with E-state index in [-0.39, 0.29) is 23.9 Å². The lowest BCUT2D eigenvalue weighted by Gasteiger charge is -2.17. The highest BCUT2D eigenvalue weighted by molar-refractivity contribution is 7.16. The molecule has 0 bridgehead atoms. The monoisotopic (exact) mass is 359 g/mol. The minimum atomic E-state index is -0.179. The van der Waals surface area contributed by atoms with Gasteiger partial charge < -0.3 is 9.30 Å². The molecular weight excluding hydrogens is 338 g/mol. The number of carbonyl (C=O) groups excluding carboxylic acids is 1. The van der Waals surface area contributed by atoms with Crippen LogP contribution in [0.2, 0.25) is 0 Å². The standard InChI is InChI=1S/C18H21N3O3S/c1-11-7-15(13(3)21(11)12(2)9-24-4)16(22)8-20-10-19-17-14(18(20)23)5-6-25-17/h5-7,10,12H,8-9H2,1-4H3. The summed E-state index contributed by atoms with van der Waals surface area (Å²) >= 11 is 1.42. The average Bonchev–Trinajstić information content (AvgIpc) is 3.15. The molecule has 0 saturated carbocycles. The van der Waals surface area contributed by atoms with Gasteiger partial charge in [0, 0.05) is 24.1 Å². The molecule has 0 spiro atoms. The maximum Gasteiger partial charge on any atom is 0.262 e. The van der Waals surface area contributed by atoms with Crippen molar-refractivity contribution in [1.29, 1.82) is 0 Å². The summed E-state index contributed by atoms with van der Waals surface area (Å²) in [4.78, 5) is 30.2. The van der Waals surface area contributed by atoms with Gasteiger partial charge in [-0.15, -0.1) is 11.3 Å². The first-order valence-corrected chi connectivity index (χ1v) is 8.95. The van der Waals surface area contributed by atoms with Gasteiger partial charge in [-0.05, 0) is 38.3 Å². The van der Waals surface area contributed by atoms with Crippen molar-refractivity contribution < 1.29 is 9.53 Å². The van der Waals surface area contributed by atoms with Crippen LogP contribution in [0.5, 0.6) is 0 Å². The van der Waals surface area contributed by atoms with E-state index in [2.05, 4.69) is 16.5 Å². The first-order valence-electron chi connectivity index (χ1n) is 8.07. The fourth-order valence-corrected chi connectivity index (χ4v) is 4.02. The van der Waals surface area contributed by atoms with Crippen molar-refractivity contribution >= 4 is 27.3 Å². The van der Waals surface area contributed by atoms with E-state index in [0.29, 0.717) is 22.4 Å². The third-order valence-electron chi connectivity index (χ3n) is 4.40. The summed E-state index contributed by atoms with van der Waals surface area (Å²) in [6, 6.07) is 3.76. The second-order valence-corrected chi connectivity index (χ2v) is 7.09. The summed E-state index contributed by atoms with van der Waals surface area (Å²) in [5.74, 6) is -0.0950. The van der Waals surface area contributed by atoms with Crippen LogP contribution in [0, 0.1) is 13.8 Å². The summed E-state index contributed by atoms with van der Waals surface area (Å²) < 4.78 is 8.70. The van der Waals surface area contributed by atoms with Crippen LogP contribution >= 0.6 is 11.3 Å². The molecule has 3 aromatic heterocycles. The van der Waals surface area contributed by atoms with Gasteiger partial charge in [0.1, 0.15) is 4.83 Å². The van der Waals surface area contributed by atoms with Crippen molar-refractivity contribution in [2.75, 3.05) is 13.7 Å². The Morgan fingerprint density at radius 3 is 2.88 bits per heavy atom. The maximum absolute atomic E-state index is 12.8. The van der Waals surface area contributed by atoms with Crippen molar-refractivity contribution in [3.8, 4) is 0 Å². The lowest BCUT2D eigenvalue weighted by atomic mass is 10.1. The molecule has 0 amide bonds. The Balaban J connectivity index is 1.92. The van der Waals surface area contributed by atoms with Crippen molar-refractivity contribution in [3.63, 3.8) is 0 Å². The fraction of sp³-hybridized carbons (Fsp3) is 0.389. The normalized spacial score (nSPS) is 12.6. The van der Waals surface area contributed by atoms with Gasteiger partial charge in [0.25, 0.3) is 5.56 Å². The molecule has 7 heteroatoms. The SMILES string of the molecule is COCC(C)n1c(C)cc(C(=O)Cn2cnc3sccc3c2=O)c1C. The minimum Gasteiger partial charge on any atom is -0.383 e. The van der Waals surface area contributed by atoms with Gasteiger partial charge in [-0.3, -0.25) is 14.2 Å². The summed E-state index contributed by atoms with van der Waals surface area (Å²) in [7, 11) is 1.66. The topological polar surface area (TPSA) is 66.1 Å². The quantitative estimate of drug-likeness (QED) is 0.635. The second-order valence-electron chi connectivity index (χ2n) is 6.20. The van der Waals surface area contributed by atoms with Gasteiger partial charge in [-0.1, -0.05) is 0 Å². The van der Waals surface area contributed by atoms with Crippen LogP contribution in [0.25, 0.3) is 10.2 Å². The Morgan fingerprint density at radius 1 is 1.40 bits per heavy atom. The predicted octanol–water partition coefficient (Wildman–Crippen LogP) is 2.97. The number of nitrogens with zero attached hydrogens (tertiary/aromatic N) is 3. The van der Waals surface area contributed by atoms with Gasteiger partial charge in [0.05, 0.1) is 30.9 Å². The van der Waals surface area contributed by atoms with E-state index in [4.69, 9.17) is 4.74 Å². The van der Waals surface area contributed by atoms with E-state index < -0.39 is 0 Å². The largest absolute Gasteiger partial charge is 0.383 e. The molecule has 3 aromatic rings. The van der Waals surface area contributed by atoms with Crippen LogP contribution in [0.3, 0.4) is 0 Å². The number of aryl methyl sites for hydroxylation is 1. The summed E-state index contributed by atoms with van der Waals surface area (Å²) in [6.07, 6.45) is 1.45.